The van der Waals surface area contributed by atoms with Crippen LogP contribution < -0.4 is 5.73 Å². The zero-order valence-corrected chi connectivity index (χ0v) is 8.34. The Labute approximate surface area is 86.5 Å². The molecule has 0 fully saturated rings. The molecule has 1 aromatic carbocycles. The van der Waals surface area contributed by atoms with Crippen LogP contribution in [0.15, 0.2) is 18.2 Å². The topological polar surface area (TPSA) is 46.3 Å². The van der Waals surface area contributed by atoms with Crippen LogP contribution in [0.3, 0.4) is 0 Å². The first-order valence-corrected chi connectivity index (χ1v) is 4.47. The molecular weight excluding hydrogens is 202 g/mol. The molecule has 0 heterocycles. The van der Waals surface area contributed by atoms with E-state index >= 15 is 0 Å². The number of carbonyl (C=O) groups excluding carboxylic acids is 1. The first-order valence-electron chi connectivity index (χ1n) is 4.47. The highest BCUT2D eigenvalue weighted by Gasteiger charge is 2.13. The van der Waals surface area contributed by atoms with E-state index in [1.807, 2.05) is 0 Å². The third-order valence-electron chi connectivity index (χ3n) is 1.98. The first-order chi connectivity index (χ1) is 7.06. The van der Waals surface area contributed by atoms with Crippen molar-refractivity contribution in [3.63, 3.8) is 0 Å². The molecule has 0 aliphatic rings. The molecule has 0 radical (unpaired) electrons. The maximum Gasteiger partial charge on any atom is 0.253 e. The average Bonchev–Trinajstić information content (AvgIpc) is 2.21. The molecule has 2 N–H and O–H groups in total. The zero-order valence-electron chi connectivity index (χ0n) is 8.34. The van der Waals surface area contributed by atoms with Gasteiger partial charge in [0, 0.05) is 25.7 Å². The summed E-state index contributed by atoms with van der Waals surface area (Å²) in [6.45, 7) is 0.698. The zero-order chi connectivity index (χ0) is 11.4. The third kappa shape index (κ3) is 2.73. The lowest BCUT2D eigenvalue weighted by Crippen LogP contribution is -2.31. The molecule has 1 aromatic rings. The number of nitrogens with zero attached hydrogens (tertiary/aromatic N) is 1. The van der Waals surface area contributed by atoms with Gasteiger partial charge >= 0.3 is 0 Å². The molecular formula is C10H12F2N2O. The van der Waals surface area contributed by atoms with Crippen LogP contribution >= 0.6 is 0 Å². The van der Waals surface area contributed by atoms with E-state index < -0.39 is 11.6 Å². The number of halogens is 2. The van der Waals surface area contributed by atoms with E-state index in [1.165, 1.54) is 11.0 Å². The Kier molecular flexibility index (Phi) is 3.74. The van der Waals surface area contributed by atoms with Crippen LogP contribution in [0, 0.1) is 11.6 Å². The number of likely N-dealkylation sites (N-methyl/N-ethyl adjacent to an activating group) is 1. The van der Waals surface area contributed by atoms with Crippen LogP contribution in [-0.2, 0) is 0 Å². The van der Waals surface area contributed by atoms with Gasteiger partial charge in [-0.1, -0.05) is 0 Å². The second-order valence-corrected chi connectivity index (χ2v) is 3.14. The van der Waals surface area contributed by atoms with Gasteiger partial charge in [0.1, 0.15) is 0 Å². The number of benzene rings is 1. The minimum atomic E-state index is -1.03. The number of hydrogen-bond donors (Lipinski definition) is 1. The lowest BCUT2D eigenvalue weighted by Gasteiger charge is -2.15. The summed E-state index contributed by atoms with van der Waals surface area (Å²) in [4.78, 5) is 12.9. The van der Waals surface area contributed by atoms with E-state index in [2.05, 4.69) is 0 Å². The van der Waals surface area contributed by atoms with Crippen LogP contribution in [0.2, 0.25) is 0 Å². The molecule has 1 amide bonds. The van der Waals surface area contributed by atoms with Crippen molar-refractivity contribution in [1.82, 2.24) is 4.90 Å². The first kappa shape index (κ1) is 11.6. The summed E-state index contributed by atoms with van der Waals surface area (Å²) in [5, 5.41) is 0. The van der Waals surface area contributed by atoms with Gasteiger partial charge in [-0.15, -0.1) is 0 Å². The Morgan fingerprint density at radius 3 is 2.60 bits per heavy atom. The SMILES string of the molecule is CN(CCN)C(=O)c1ccc(F)c(F)c1. The molecule has 0 spiro atoms. The molecule has 1 rings (SSSR count). The number of amides is 1. The van der Waals surface area contributed by atoms with Crippen molar-refractivity contribution in [1.29, 1.82) is 0 Å². The third-order valence-corrected chi connectivity index (χ3v) is 1.98. The second-order valence-electron chi connectivity index (χ2n) is 3.14. The molecule has 0 saturated heterocycles. The number of carbonyl (C=O) groups is 1. The average molecular weight is 214 g/mol. The highest BCUT2D eigenvalue weighted by Crippen LogP contribution is 2.10. The highest BCUT2D eigenvalue weighted by molar-refractivity contribution is 5.94. The maximum absolute atomic E-state index is 12.8. The molecule has 0 aliphatic carbocycles. The fourth-order valence-electron chi connectivity index (χ4n) is 1.14. The van der Waals surface area contributed by atoms with E-state index in [0.29, 0.717) is 13.1 Å². The summed E-state index contributed by atoms with van der Waals surface area (Å²) < 4.78 is 25.4. The van der Waals surface area contributed by atoms with E-state index in [0.717, 1.165) is 12.1 Å². The van der Waals surface area contributed by atoms with Crippen molar-refractivity contribution in [2.24, 2.45) is 5.73 Å². The van der Waals surface area contributed by atoms with Gasteiger partial charge < -0.3 is 10.6 Å². The van der Waals surface area contributed by atoms with Crippen LogP contribution in [0.1, 0.15) is 10.4 Å². The Bertz CT molecular complexity index is 368. The van der Waals surface area contributed by atoms with Gasteiger partial charge in [0.05, 0.1) is 0 Å². The van der Waals surface area contributed by atoms with Crippen molar-refractivity contribution in [2.45, 2.75) is 0 Å². The summed E-state index contributed by atoms with van der Waals surface area (Å²) in [6, 6.07) is 3.05. The van der Waals surface area contributed by atoms with Crippen molar-refractivity contribution < 1.29 is 13.6 Å². The largest absolute Gasteiger partial charge is 0.340 e. The van der Waals surface area contributed by atoms with E-state index in [-0.39, 0.29) is 11.5 Å². The van der Waals surface area contributed by atoms with Crippen molar-refractivity contribution in [2.75, 3.05) is 20.1 Å². The smallest absolute Gasteiger partial charge is 0.253 e. The van der Waals surface area contributed by atoms with Crippen molar-refractivity contribution >= 4 is 5.91 Å². The van der Waals surface area contributed by atoms with Gasteiger partial charge in [0.15, 0.2) is 11.6 Å². The van der Waals surface area contributed by atoms with Crippen molar-refractivity contribution in [3.05, 3.63) is 35.4 Å². The summed E-state index contributed by atoms with van der Waals surface area (Å²) in [6.07, 6.45) is 0. The number of nitrogens with two attached hydrogens (primary N) is 1. The molecule has 15 heavy (non-hydrogen) atoms. The molecule has 0 atom stereocenters. The molecule has 0 aliphatic heterocycles. The van der Waals surface area contributed by atoms with Gasteiger partial charge in [0.2, 0.25) is 0 Å². The maximum atomic E-state index is 12.8. The Morgan fingerprint density at radius 2 is 2.07 bits per heavy atom. The van der Waals surface area contributed by atoms with Gasteiger partial charge in [-0.2, -0.15) is 0 Å². The lowest BCUT2D eigenvalue weighted by molar-refractivity contribution is 0.0798. The van der Waals surface area contributed by atoms with Gasteiger partial charge in [-0.25, -0.2) is 8.78 Å². The number of hydrogen-bond acceptors (Lipinski definition) is 2. The minimum absolute atomic E-state index is 0.116. The summed E-state index contributed by atoms with van der Waals surface area (Å²) in [7, 11) is 1.55. The minimum Gasteiger partial charge on any atom is -0.340 e. The van der Waals surface area contributed by atoms with E-state index in [9.17, 15) is 13.6 Å². The second kappa shape index (κ2) is 4.84. The van der Waals surface area contributed by atoms with Gasteiger partial charge in [-0.05, 0) is 18.2 Å². The molecule has 0 unspecified atom stereocenters. The molecule has 5 heteroatoms. The molecule has 82 valence electrons. The van der Waals surface area contributed by atoms with Crippen molar-refractivity contribution in [3.8, 4) is 0 Å². The molecule has 3 nitrogen and oxygen atoms in total. The van der Waals surface area contributed by atoms with Crippen LogP contribution in [0.5, 0.6) is 0 Å². The fourth-order valence-corrected chi connectivity index (χ4v) is 1.14. The Hall–Kier alpha value is -1.49. The number of rotatable bonds is 3. The lowest BCUT2D eigenvalue weighted by atomic mass is 10.2. The predicted octanol–water partition coefficient (Wildman–Crippen LogP) is 0.995. The summed E-state index contributed by atoms with van der Waals surface area (Å²) >= 11 is 0. The van der Waals surface area contributed by atoms with Crippen LogP contribution in [0.25, 0.3) is 0 Å². The normalized spacial score (nSPS) is 10.1. The van der Waals surface area contributed by atoms with Gasteiger partial charge in [-0.3, -0.25) is 4.79 Å². The molecule has 0 aromatic heterocycles. The Balaban J connectivity index is 2.87. The summed E-state index contributed by atoms with van der Waals surface area (Å²) in [5.41, 5.74) is 5.39. The standard InChI is InChI=1S/C10H12F2N2O/c1-14(5-4-13)10(15)7-2-3-8(11)9(12)6-7/h2-3,6H,4-5,13H2,1H3. The summed E-state index contributed by atoms with van der Waals surface area (Å²) in [5.74, 6) is -2.37. The van der Waals surface area contributed by atoms with Crippen LogP contribution in [0.4, 0.5) is 8.78 Å². The van der Waals surface area contributed by atoms with E-state index in [1.54, 1.807) is 7.05 Å². The van der Waals surface area contributed by atoms with Crippen LogP contribution in [-0.4, -0.2) is 30.9 Å². The fraction of sp³-hybridized carbons (Fsp3) is 0.300. The molecule has 0 saturated carbocycles. The monoisotopic (exact) mass is 214 g/mol. The highest BCUT2D eigenvalue weighted by atomic mass is 19.2. The quantitative estimate of drug-likeness (QED) is 0.815. The Morgan fingerprint density at radius 1 is 1.40 bits per heavy atom. The van der Waals surface area contributed by atoms with E-state index in [4.69, 9.17) is 5.73 Å². The predicted molar refractivity (Wildman–Crippen MR) is 52.4 cm³/mol. The molecule has 0 bridgehead atoms. The van der Waals surface area contributed by atoms with Gasteiger partial charge in [0.25, 0.3) is 5.91 Å².